The first-order valence-corrected chi connectivity index (χ1v) is 8.95. The maximum atomic E-state index is 12.3. The summed E-state index contributed by atoms with van der Waals surface area (Å²) in [6, 6.07) is 4.12. The van der Waals surface area contributed by atoms with Crippen LogP contribution in [0, 0.1) is 10.1 Å². The number of carbonyl (C=O) groups excluding carboxylic acids is 2. The zero-order valence-corrected chi connectivity index (χ0v) is 15.5. The first-order valence-electron chi connectivity index (χ1n) is 8.95. The molecule has 1 aliphatic carbocycles. The maximum Gasteiger partial charge on any atom is 0.339 e. The van der Waals surface area contributed by atoms with Gasteiger partial charge in [-0.05, 0) is 31.9 Å². The topological polar surface area (TPSA) is 120 Å². The second kappa shape index (κ2) is 9.86. The lowest BCUT2D eigenvalue weighted by molar-refractivity contribution is -0.384. The number of rotatable bonds is 9. The molecule has 1 fully saturated rings. The molecule has 1 atom stereocenters. The van der Waals surface area contributed by atoms with Gasteiger partial charge in [0.2, 0.25) is 0 Å². The summed E-state index contributed by atoms with van der Waals surface area (Å²) in [5.74, 6) is -1.14. The zero-order chi connectivity index (χ0) is 19.8. The van der Waals surface area contributed by atoms with Crippen molar-refractivity contribution in [3.63, 3.8) is 0 Å². The van der Waals surface area contributed by atoms with Crippen molar-refractivity contribution in [3.05, 3.63) is 33.9 Å². The molecular weight excluding hydrogens is 354 g/mol. The number of hydrogen-bond donors (Lipinski definition) is 2. The summed E-state index contributed by atoms with van der Waals surface area (Å²) in [4.78, 5) is 35.1. The Morgan fingerprint density at radius 2 is 2.04 bits per heavy atom. The average Bonchev–Trinajstić information content (AvgIpc) is 3.14. The second-order valence-corrected chi connectivity index (χ2v) is 6.45. The number of methoxy groups -OCH3 is 1. The molecule has 0 saturated heterocycles. The summed E-state index contributed by atoms with van der Waals surface area (Å²) in [7, 11) is 1.53. The van der Waals surface area contributed by atoms with Crippen molar-refractivity contribution in [2.75, 3.05) is 25.6 Å². The van der Waals surface area contributed by atoms with E-state index >= 15 is 0 Å². The predicted octanol–water partition coefficient (Wildman–Crippen LogP) is 2.26. The fraction of sp³-hybridized carbons (Fsp3) is 0.556. The summed E-state index contributed by atoms with van der Waals surface area (Å²) in [5, 5.41) is 17.0. The van der Waals surface area contributed by atoms with Gasteiger partial charge < -0.3 is 20.1 Å². The molecule has 9 heteroatoms. The van der Waals surface area contributed by atoms with E-state index in [-0.39, 0.29) is 28.9 Å². The predicted molar refractivity (Wildman–Crippen MR) is 98.7 cm³/mol. The molecule has 9 nitrogen and oxygen atoms in total. The van der Waals surface area contributed by atoms with Gasteiger partial charge in [0.25, 0.3) is 11.6 Å². The number of hydrogen-bond acceptors (Lipinski definition) is 7. The molecule has 0 bridgehead atoms. The Balaban J connectivity index is 2.00. The Bertz CT molecular complexity index is 688. The van der Waals surface area contributed by atoms with E-state index in [0.717, 1.165) is 31.7 Å². The molecule has 2 rings (SSSR count). The van der Waals surface area contributed by atoms with Crippen LogP contribution in [0.2, 0.25) is 0 Å². The van der Waals surface area contributed by atoms with Crippen molar-refractivity contribution >= 4 is 23.3 Å². The first kappa shape index (κ1) is 20.6. The molecular formula is C18H25N3O6. The van der Waals surface area contributed by atoms with E-state index in [1.165, 1.54) is 26.2 Å². The standard InChI is InChI=1S/C18H25N3O6/c1-12(17(22)20-14-5-3-4-6-14)27-18(23)13-7-8-15(19-9-10-26-2)16(11-13)21(24)25/h7-8,11-12,14,19H,3-6,9-10H2,1-2H3,(H,20,22)/t12-/m0/s1. The number of nitrogens with zero attached hydrogens (tertiary/aromatic N) is 1. The Kier molecular flexibility index (Phi) is 7.54. The average molecular weight is 379 g/mol. The monoisotopic (exact) mass is 379 g/mol. The van der Waals surface area contributed by atoms with Crippen LogP contribution in [0.3, 0.4) is 0 Å². The van der Waals surface area contributed by atoms with Crippen LogP contribution in [0.15, 0.2) is 18.2 Å². The van der Waals surface area contributed by atoms with E-state index in [1.807, 2.05) is 0 Å². The Morgan fingerprint density at radius 1 is 1.33 bits per heavy atom. The molecule has 0 radical (unpaired) electrons. The van der Waals surface area contributed by atoms with Crippen LogP contribution in [0.4, 0.5) is 11.4 Å². The molecule has 0 unspecified atom stereocenters. The molecule has 148 valence electrons. The Hall–Kier alpha value is -2.68. The summed E-state index contributed by atoms with van der Waals surface area (Å²) in [6.45, 7) is 2.26. The number of carbonyl (C=O) groups is 2. The minimum absolute atomic E-state index is 0.0134. The van der Waals surface area contributed by atoms with Gasteiger partial charge in [-0.1, -0.05) is 12.8 Å². The first-order chi connectivity index (χ1) is 12.9. The van der Waals surface area contributed by atoms with Crippen molar-refractivity contribution in [2.24, 2.45) is 0 Å². The number of esters is 1. The molecule has 1 aromatic rings. The Morgan fingerprint density at radius 3 is 2.67 bits per heavy atom. The van der Waals surface area contributed by atoms with Crippen molar-refractivity contribution in [1.29, 1.82) is 0 Å². The molecule has 1 aliphatic rings. The quantitative estimate of drug-likeness (QED) is 0.292. The largest absolute Gasteiger partial charge is 0.449 e. The van der Waals surface area contributed by atoms with Gasteiger partial charge in [-0.15, -0.1) is 0 Å². The van der Waals surface area contributed by atoms with Crippen molar-refractivity contribution in [2.45, 2.75) is 44.8 Å². The molecule has 27 heavy (non-hydrogen) atoms. The van der Waals surface area contributed by atoms with Gasteiger partial charge >= 0.3 is 5.97 Å². The summed E-state index contributed by atoms with van der Waals surface area (Å²) in [6.07, 6.45) is 3.03. The summed E-state index contributed by atoms with van der Waals surface area (Å²) in [5.41, 5.74) is 0.0451. The zero-order valence-electron chi connectivity index (χ0n) is 15.5. The normalized spacial score (nSPS) is 15.2. The number of ether oxygens (including phenoxy) is 2. The minimum Gasteiger partial charge on any atom is -0.449 e. The van der Waals surface area contributed by atoms with Crippen LogP contribution in [0.1, 0.15) is 43.0 Å². The fourth-order valence-electron chi connectivity index (χ4n) is 2.92. The molecule has 1 aromatic carbocycles. The lowest BCUT2D eigenvalue weighted by Gasteiger charge is -2.17. The molecule has 0 aromatic heterocycles. The highest BCUT2D eigenvalue weighted by Gasteiger charge is 2.25. The van der Waals surface area contributed by atoms with Crippen LogP contribution in [0.25, 0.3) is 0 Å². The minimum atomic E-state index is -0.975. The van der Waals surface area contributed by atoms with Crippen LogP contribution in [-0.2, 0) is 14.3 Å². The highest BCUT2D eigenvalue weighted by atomic mass is 16.6. The smallest absolute Gasteiger partial charge is 0.339 e. The highest BCUT2D eigenvalue weighted by molar-refractivity contribution is 5.93. The lowest BCUT2D eigenvalue weighted by atomic mass is 10.1. The number of benzene rings is 1. The van der Waals surface area contributed by atoms with E-state index in [0.29, 0.717) is 13.2 Å². The van der Waals surface area contributed by atoms with Crippen LogP contribution in [-0.4, -0.2) is 49.2 Å². The third-order valence-electron chi connectivity index (χ3n) is 4.41. The van der Waals surface area contributed by atoms with Crippen molar-refractivity contribution in [3.8, 4) is 0 Å². The van der Waals surface area contributed by atoms with Crippen LogP contribution < -0.4 is 10.6 Å². The van der Waals surface area contributed by atoms with Gasteiger partial charge in [0.05, 0.1) is 17.1 Å². The van der Waals surface area contributed by atoms with Gasteiger partial charge in [-0.25, -0.2) is 4.79 Å². The third-order valence-corrected chi connectivity index (χ3v) is 4.41. The van der Waals surface area contributed by atoms with E-state index in [4.69, 9.17) is 9.47 Å². The highest BCUT2D eigenvalue weighted by Crippen LogP contribution is 2.26. The van der Waals surface area contributed by atoms with Gasteiger partial charge in [-0.2, -0.15) is 0 Å². The maximum absolute atomic E-state index is 12.3. The van der Waals surface area contributed by atoms with E-state index < -0.39 is 17.0 Å². The molecule has 0 spiro atoms. The number of nitro benzene ring substituents is 1. The fourth-order valence-corrected chi connectivity index (χ4v) is 2.92. The van der Waals surface area contributed by atoms with Crippen molar-refractivity contribution < 1.29 is 24.0 Å². The molecule has 0 aliphatic heterocycles. The van der Waals surface area contributed by atoms with E-state index in [9.17, 15) is 19.7 Å². The number of nitro groups is 1. The SMILES string of the molecule is COCCNc1ccc(C(=O)O[C@@H](C)C(=O)NC2CCCC2)cc1[N+](=O)[O-]. The molecule has 0 heterocycles. The van der Waals surface area contributed by atoms with Crippen LogP contribution in [0.5, 0.6) is 0 Å². The summed E-state index contributed by atoms with van der Waals surface area (Å²) >= 11 is 0. The summed E-state index contributed by atoms with van der Waals surface area (Å²) < 4.78 is 10.1. The van der Waals surface area contributed by atoms with E-state index in [1.54, 1.807) is 0 Å². The van der Waals surface area contributed by atoms with Gasteiger partial charge in [0.15, 0.2) is 6.10 Å². The lowest BCUT2D eigenvalue weighted by Crippen LogP contribution is -2.40. The Labute approximate surface area is 157 Å². The van der Waals surface area contributed by atoms with Gasteiger partial charge in [-0.3, -0.25) is 14.9 Å². The molecule has 1 saturated carbocycles. The molecule has 1 amide bonds. The molecule has 2 N–H and O–H groups in total. The van der Waals surface area contributed by atoms with E-state index in [2.05, 4.69) is 10.6 Å². The third kappa shape index (κ3) is 5.92. The van der Waals surface area contributed by atoms with Crippen molar-refractivity contribution in [1.82, 2.24) is 5.32 Å². The number of nitrogens with one attached hydrogen (secondary N) is 2. The van der Waals surface area contributed by atoms with Gasteiger partial charge in [0, 0.05) is 25.8 Å². The van der Waals surface area contributed by atoms with Crippen LogP contribution >= 0.6 is 0 Å². The second-order valence-electron chi connectivity index (χ2n) is 6.45. The number of anilines is 1. The number of amides is 1. The van der Waals surface area contributed by atoms with Gasteiger partial charge in [0.1, 0.15) is 5.69 Å².